The fraction of sp³-hybridized carbons (Fsp3) is 0.714. The van der Waals surface area contributed by atoms with Crippen molar-refractivity contribution in [3.05, 3.63) is 97.2 Å². The minimum absolute atomic E-state index is 0.0295. The number of amides is 1. The molecule has 0 spiro atoms. The number of quaternary nitrogens is 1. The van der Waals surface area contributed by atoms with Crippen LogP contribution in [0.3, 0.4) is 0 Å². The molecule has 0 heterocycles. The Morgan fingerprint density at radius 2 is 0.932 bits per heavy atom. The molecule has 2 N–H and O–H groups in total. The summed E-state index contributed by atoms with van der Waals surface area (Å²) in [4.78, 5) is 37.6. The topological polar surface area (TPSA) is 111 Å². The first-order valence-corrected chi connectivity index (χ1v) is 31.1. The van der Waals surface area contributed by atoms with Crippen molar-refractivity contribution in [2.45, 2.75) is 251 Å². The van der Waals surface area contributed by atoms with E-state index in [1.807, 2.05) is 33.3 Å². The lowest BCUT2D eigenvalue weighted by molar-refractivity contribution is -0.870. The zero-order valence-electron chi connectivity index (χ0n) is 47.8. The van der Waals surface area contributed by atoms with Gasteiger partial charge in [0, 0.05) is 12.8 Å². The lowest BCUT2D eigenvalue weighted by Gasteiger charge is -2.27. The smallest absolute Gasteiger partial charge is 0.456 e. The number of carbonyl (C=O) groups is 2. The normalized spacial score (nSPS) is 14.5. The van der Waals surface area contributed by atoms with Gasteiger partial charge in [-0.05, 0) is 96.0 Å². The van der Waals surface area contributed by atoms with Crippen molar-refractivity contribution in [1.29, 1.82) is 0 Å². The molecule has 0 aromatic heterocycles. The van der Waals surface area contributed by atoms with Gasteiger partial charge in [0.25, 0.3) is 0 Å². The molecule has 0 aromatic carbocycles. The molecule has 0 aliphatic rings. The highest BCUT2D eigenvalue weighted by Crippen LogP contribution is 2.43. The molecule has 420 valence electrons. The molecule has 0 saturated heterocycles. The van der Waals surface area contributed by atoms with E-state index in [0.717, 1.165) is 109 Å². The van der Waals surface area contributed by atoms with Crippen LogP contribution in [-0.2, 0) is 27.9 Å². The van der Waals surface area contributed by atoms with Gasteiger partial charge in [-0.2, -0.15) is 0 Å². The van der Waals surface area contributed by atoms with Crippen molar-refractivity contribution >= 4 is 19.7 Å². The molecule has 1 amide bonds. The molecular formula is C63H112N2O7P+. The van der Waals surface area contributed by atoms with Crippen LogP contribution < -0.4 is 5.32 Å². The summed E-state index contributed by atoms with van der Waals surface area (Å²) in [6, 6.07) is -0.867. The van der Waals surface area contributed by atoms with Crippen molar-refractivity contribution in [1.82, 2.24) is 5.32 Å². The third kappa shape index (κ3) is 53.6. The Morgan fingerprint density at radius 3 is 1.45 bits per heavy atom. The maximum atomic E-state index is 13.5. The van der Waals surface area contributed by atoms with Gasteiger partial charge in [-0.25, -0.2) is 4.57 Å². The Balaban J connectivity index is 5.31. The molecule has 0 rings (SSSR count). The molecular weight excluding hydrogens is 928 g/mol. The number of unbranched alkanes of at least 4 members (excludes halogenated alkanes) is 24. The largest absolute Gasteiger partial charge is 0.472 e. The number of nitrogens with one attached hydrogen (secondary N) is 1. The van der Waals surface area contributed by atoms with Crippen LogP contribution in [0.1, 0.15) is 239 Å². The van der Waals surface area contributed by atoms with E-state index >= 15 is 0 Å². The van der Waals surface area contributed by atoms with Crippen LogP contribution in [-0.4, -0.2) is 74.3 Å². The number of esters is 1. The number of phosphoric ester groups is 1. The molecule has 0 saturated carbocycles. The van der Waals surface area contributed by atoms with Gasteiger partial charge in [0.1, 0.15) is 19.3 Å². The maximum Gasteiger partial charge on any atom is 0.472 e. The quantitative estimate of drug-likeness (QED) is 0.0156. The number of phosphoric acid groups is 1. The van der Waals surface area contributed by atoms with E-state index in [1.165, 1.54) is 89.9 Å². The van der Waals surface area contributed by atoms with Crippen molar-refractivity contribution < 1.29 is 37.3 Å². The third-order valence-corrected chi connectivity index (χ3v) is 13.6. The minimum atomic E-state index is -4.46. The number of likely N-dealkylation sites (N-methyl/N-ethyl adjacent to an activating group) is 1. The molecule has 73 heavy (non-hydrogen) atoms. The van der Waals surface area contributed by atoms with Crippen molar-refractivity contribution in [3.8, 4) is 0 Å². The number of hydrogen-bond donors (Lipinski definition) is 2. The second kappa shape index (κ2) is 52.4. The summed E-state index contributed by atoms with van der Waals surface area (Å²) in [6.07, 6.45) is 69.7. The van der Waals surface area contributed by atoms with Crippen molar-refractivity contribution in [2.24, 2.45) is 0 Å². The first kappa shape index (κ1) is 69.9. The second-order valence-electron chi connectivity index (χ2n) is 20.8. The number of carbonyl (C=O) groups excluding carboxylic acids is 2. The van der Waals surface area contributed by atoms with E-state index in [0.29, 0.717) is 23.9 Å². The number of ether oxygens (including phenoxy) is 1. The lowest BCUT2D eigenvalue weighted by atomic mass is 10.1. The second-order valence-corrected chi connectivity index (χ2v) is 22.3. The first-order chi connectivity index (χ1) is 35.4. The number of rotatable bonds is 52. The van der Waals surface area contributed by atoms with Crippen LogP contribution in [0.5, 0.6) is 0 Å². The van der Waals surface area contributed by atoms with Crippen LogP contribution in [0.25, 0.3) is 0 Å². The highest BCUT2D eigenvalue weighted by Gasteiger charge is 2.30. The van der Waals surface area contributed by atoms with Gasteiger partial charge >= 0.3 is 13.8 Å². The van der Waals surface area contributed by atoms with Crippen LogP contribution in [0, 0.1) is 0 Å². The number of nitrogens with zero attached hydrogens (tertiary/aromatic N) is 1. The van der Waals surface area contributed by atoms with Gasteiger partial charge < -0.3 is 19.4 Å². The van der Waals surface area contributed by atoms with Crippen LogP contribution in [0.4, 0.5) is 0 Å². The van der Waals surface area contributed by atoms with Gasteiger partial charge in [-0.1, -0.05) is 227 Å². The Hall–Kier alpha value is -3.07. The van der Waals surface area contributed by atoms with Gasteiger partial charge in [-0.15, -0.1) is 0 Å². The number of allylic oxidation sites excluding steroid dienone is 15. The molecule has 0 radical (unpaired) electrons. The average molecular weight is 1040 g/mol. The zero-order chi connectivity index (χ0) is 53.6. The van der Waals surface area contributed by atoms with Gasteiger partial charge in [0.05, 0.1) is 33.8 Å². The molecule has 0 aliphatic carbocycles. The molecule has 9 nitrogen and oxygen atoms in total. The third-order valence-electron chi connectivity index (χ3n) is 12.6. The summed E-state index contributed by atoms with van der Waals surface area (Å²) < 4.78 is 30.6. The highest BCUT2D eigenvalue weighted by atomic mass is 31.2. The Kier molecular flexibility index (Phi) is 50.2. The van der Waals surface area contributed by atoms with E-state index in [2.05, 4.69) is 111 Å². The van der Waals surface area contributed by atoms with Gasteiger partial charge in [0.15, 0.2) is 0 Å². The van der Waals surface area contributed by atoms with Crippen molar-refractivity contribution in [3.63, 3.8) is 0 Å². The molecule has 0 aromatic rings. The summed E-state index contributed by atoms with van der Waals surface area (Å²) in [5.41, 5.74) is 0. The summed E-state index contributed by atoms with van der Waals surface area (Å²) in [7, 11) is 1.46. The lowest BCUT2D eigenvalue weighted by Crippen LogP contribution is -2.47. The molecule has 0 bridgehead atoms. The van der Waals surface area contributed by atoms with E-state index in [9.17, 15) is 19.0 Å². The first-order valence-electron chi connectivity index (χ1n) is 29.6. The van der Waals surface area contributed by atoms with Crippen LogP contribution >= 0.6 is 7.82 Å². The monoisotopic (exact) mass is 1040 g/mol. The highest BCUT2D eigenvalue weighted by molar-refractivity contribution is 7.47. The predicted molar refractivity (Wildman–Crippen MR) is 314 cm³/mol. The summed E-state index contributed by atoms with van der Waals surface area (Å²) in [5, 5.41) is 3.03. The van der Waals surface area contributed by atoms with Crippen LogP contribution in [0.15, 0.2) is 97.2 Å². The summed E-state index contributed by atoms with van der Waals surface area (Å²) in [6.45, 7) is 6.81. The Morgan fingerprint density at radius 1 is 0.507 bits per heavy atom. The molecule has 0 aliphatic heterocycles. The van der Waals surface area contributed by atoms with Gasteiger partial charge in [0.2, 0.25) is 5.91 Å². The minimum Gasteiger partial charge on any atom is -0.456 e. The zero-order valence-corrected chi connectivity index (χ0v) is 48.7. The molecule has 3 unspecified atom stereocenters. The van der Waals surface area contributed by atoms with E-state index in [-0.39, 0.29) is 31.5 Å². The fourth-order valence-corrected chi connectivity index (χ4v) is 8.72. The van der Waals surface area contributed by atoms with E-state index in [4.69, 9.17) is 13.8 Å². The standard InChI is InChI=1S/C63H111N2O7P/c1-7-10-13-16-19-22-25-27-29-30-31-32-33-34-36-38-41-44-47-50-53-56-63(67)72-61(54-51-48-45-42-39-24-21-18-15-12-9-3)60(59-71-73(68,69)70-58-57-65(4,5)6)64-62(66)55-52-49-46-43-40-37-35-28-26-23-20-17-14-11-8-2/h11,14,17,19-20,22-23,26-27,29,31-32,34,36,51,54,60-61H,7-10,12-13,15-16,18,21,24-25,28,30,33,35,37-50,52-53,55-59H2,1-6H3,(H-,64,66,68,69)/p+1/b14-11+,20-17+,22-19-,26-23+,29-27-,32-31-,36-34-,54-51-. The average Bonchev–Trinajstić information content (AvgIpc) is 3.35. The number of hydrogen-bond acceptors (Lipinski definition) is 6. The van der Waals surface area contributed by atoms with Gasteiger partial charge in [-0.3, -0.25) is 18.6 Å². The van der Waals surface area contributed by atoms with Crippen LogP contribution in [0.2, 0.25) is 0 Å². The van der Waals surface area contributed by atoms with Crippen molar-refractivity contribution in [2.75, 3.05) is 40.9 Å². The SMILES string of the molecule is CC/C=C/C=C/C=C/CCCCCCCCCC(=O)NC(COP(=O)(O)OCC[N+](C)(C)C)C(/C=C\CCCCCCCCCCC)OC(=O)CCCCCCC/C=C\C/C=C\C/C=C\C/C=C\CCCCC. The summed E-state index contributed by atoms with van der Waals surface area (Å²) >= 11 is 0. The Labute approximate surface area is 449 Å². The summed E-state index contributed by atoms with van der Waals surface area (Å²) in [5.74, 6) is -0.546. The molecule has 3 atom stereocenters. The molecule has 10 heteroatoms. The fourth-order valence-electron chi connectivity index (χ4n) is 7.98. The van der Waals surface area contributed by atoms with E-state index < -0.39 is 20.0 Å². The molecule has 0 fully saturated rings. The maximum absolute atomic E-state index is 13.5. The van der Waals surface area contributed by atoms with E-state index in [1.54, 1.807) is 0 Å². The predicted octanol–water partition coefficient (Wildman–Crippen LogP) is 18.0. The Bertz CT molecular complexity index is 1570.